The Morgan fingerprint density at radius 2 is 1.41 bits per heavy atom. The summed E-state index contributed by atoms with van der Waals surface area (Å²) in [5.74, 6) is -0.968. The van der Waals surface area contributed by atoms with Crippen LogP contribution in [0, 0.1) is 0 Å². The van der Waals surface area contributed by atoms with Crippen molar-refractivity contribution in [3.05, 3.63) is 60.2 Å². The van der Waals surface area contributed by atoms with E-state index in [1.54, 1.807) is 0 Å². The summed E-state index contributed by atoms with van der Waals surface area (Å²) in [4.78, 5) is 11.0. The van der Waals surface area contributed by atoms with E-state index in [9.17, 15) is 4.79 Å². The Morgan fingerprint density at radius 3 is 1.95 bits per heavy atom. The van der Waals surface area contributed by atoms with Gasteiger partial charge in [0.2, 0.25) is 0 Å². The van der Waals surface area contributed by atoms with Crippen LogP contribution in [-0.4, -0.2) is 17.1 Å². The molecule has 0 fully saturated rings. The van der Waals surface area contributed by atoms with E-state index in [0.717, 1.165) is 16.3 Å². The van der Waals surface area contributed by atoms with Crippen LogP contribution in [0.5, 0.6) is 0 Å². The Morgan fingerprint density at radius 1 is 0.909 bits per heavy atom. The van der Waals surface area contributed by atoms with Gasteiger partial charge in [0.1, 0.15) is 6.04 Å². The fraction of sp³-hybridized carbons (Fsp3) is 0.105. The van der Waals surface area contributed by atoms with Crippen molar-refractivity contribution in [2.24, 2.45) is 5.73 Å². The van der Waals surface area contributed by atoms with Crippen molar-refractivity contribution in [1.82, 2.24) is 0 Å². The van der Waals surface area contributed by atoms with E-state index in [2.05, 4.69) is 54.6 Å². The van der Waals surface area contributed by atoms with Gasteiger partial charge in [0.25, 0.3) is 0 Å². The van der Waals surface area contributed by atoms with Crippen LogP contribution in [0.1, 0.15) is 5.56 Å². The van der Waals surface area contributed by atoms with E-state index in [4.69, 9.17) is 10.8 Å². The number of nitrogens with two attached hydrogens (primary N) is 1. The van der Waals surface area contributed by atoms with E-state index >= 15 is 0 Å². The Bertz CT molecular complexity index is 942. The molecule has 0 bridgehead atoms. The number of hydrogen-bond acceptors (Lipinski definition) is 2. The number of aliphatic carboxylic acids is 1. The monoisotopic (exact) mass is 289 g/mol. The molecule has 108 valence electrons. The van der Waals surface area contributed by atoms with Crippen LogP contribution in [-0.2, 0) is 11.2 Å². The summed E-state index contributed by atoms with van der Waals surface area (Å²) in [5.41, 5.74) is 6.63. The van der Waals surface area contributed by atoms with Crippen molar-refractivity contribution in [3.8, 4) is 0 Å². The number of carbonyl (C=O) groups is 1. The molecule has 4 aromatic rings. The van der Waals surface area contributed by atoms with Gasteiger partial charge in [-0.25, -0.2) is 0 Å². The lowest BCUT2D eigenvalue weighted by atomic mass is 9.92. The van der Waals surface area contributed by atoms with Crippen LogP contribution in [0.25, 0.3) is 32.3 Å². The SMILES string of the molecule is NC(Cc1cc2ccc3cccc4ccc(c1)c2c34)C(=O)O. The van der Waals surface area contributed by atoms with Crippen molar-refractivity contribution in [3.63, 3.8) is 0 Å². The molecule has 1 unspecified atom stereocenters. The van der Waals surface area contributed by atoms with E-state index in [1.807, 2.05) is 0 Å². The molecule has 0 radical (unpaired) electrons. The highest BCUT2D eigenvalue weighted by Crippen LogP contribution is 2.35. The second-order valence-corrected chi connectivity index (χ2v) is 5.78. The van der Waals surface area contributed by atoms with E-state index in [-0.39, 0.29) is 0 Å². The smallest absolute Gasteiger partial charge is 0.320 e. The van der Waals surface area contributed by atoms with Gasteiger partial charge in [0, 0.05) is 0 Å². The van der Waals surface area contributed by atoms with E-state index in [1.165, 1.54) is 21.5 Å². The first-order chi connectivity index (χ1) is 10.6. The fourth-order valence-electron chi connectivity index (χ4n) is 3.28. The fourth-order valence-corrected chi connectivity index (χ4v) is 3.28. The van der Waals surface area contributed by atoms with Crippen LogP contribution >= 0.6 is 0 Å². The molecular formula is C19H15NO2. The highest BCUT2D eigenvalue weighted by molar-refractivity contribution is 6.23. The Kier molecular flexibility index (Phi) is 2.78. The third-order valence-corrected chi connectivity index (χ3v) is 4.30. The van der Waals surface area contributed by atoms with Gasteiger partial charge in [-0.3, -0.25) is 4.79 Å². The maximum atomic E-state index is 11.0. The first kappa shape index (κ1) is 13.0. The third kappa shape index (κ3) is 1.90. The molecule has 1 atom stereocenters. The van der Waals surface area contributed by atoms with Crippen LogP contribution in [0.3, 0.4) is 0 Å². The maximum absolute atomic E-state index is 11.0. The van der Waals surface area contributed by atoms with Gasteiger partial charge in [-0.2, -0.15) is 0 Å². The Balaban J connectivity index is 1.99. The largest absolute Gasteiger partial charge is 0.480 e. The topological polar surface area (TPSA) is 63.3 Å². The third-order valence-electron chi connectivity index (χ3n) is 4.30. The lowest BCUT2D eigenvalue weighted by Gasteiger charge is -2.13. The van der Waals surface area contributed by atoms with Crippen molar-refractivity contribution < 1.29 is 9.90 Å². The number of carboxylic acid groups (broad SMARTS) is 1. The molecule has 4 rings (SSSR count). The molecule has 0 aromatic heterocycles. The van der Waals surface area contributed by atoms with Crippen molar-refractivity contribution in [2.45, 2.75) is 12.5 Å². The van der Waals surface area contributed by atoms with Gasteiger partial charge in [0.15, 0.2) is 0 Å². The van der Waals surface area contributed by atoms with Crippen molar-refractivity contribution in [1.29, 1.82) is 0 Å². The standard InChI is InChI=1S/C19H15NO2/c20-16(19(21)22)10-11-8-14-6-4-12-2-1-3-13-5-7-15(9-11)18(14)17(12)13/h1-9,16H,10,20H2,(H,21,22). The zero-order chi connectivity index (χ0) is 15.3. The predicted octanol–water partition coefficient (Wildman–Crippen LogP) is 3.54. The molecule has 3 heteroatoms. The van der Waals surface area contributed by atoms with Crippen LogP contribution in [0.15, 0.2) is 54.6 Å². The minimum Gasteiger partial charge on any atom is -0.480 e. The van der Waals surface area contributed by atoms with Crippen LogP contribution < -0.4 is 5.73 Å². The summed E-state index contributed by atoms with van der Waals surface area (Å²) in [6.45, 7) is 0. The highest BCUT2D eigenvalue weighted by Gasteiger charge is 2.14. The number of benzene rings is 4. The van der Waals surface area contributed by atoms with Crippen molar-refractivity contribution in [2.75, 3.05) is 0 Å². The lowest BCUT2D eigenvalue weighted by Crippen LogP contribution is -2.32. The molecule has 3 nitrogen and oxygen atoms in total. The summed E-state index contributed by atoms with van der Waals surface area (Å²) < 4.78 is 0. The first-order valence-corrected chi connectivity index (χ1v) is 7.28. The molecule has 0 aliphatic rings. The molecule has 0 aliphatic carbocycles. The van der Waals surface area contributed by atoms with Crippen LogP contribution in [0.2, 0.25) is 0 Å². The van der Waals surface area contributed by atoms with Gasteiger partial charge in [-0.15, -0.1) is 0 Å². The molecule has 22 heavy (non-hydrogen) atoms. The molecule has 0 saturated carbocycles. The summed E-state index contributed by atoms with van der Waals surface area (Å²) in [6, 6.07) is 18.0. The minimum atomic E-state index is -0.968. The lowest BCUT2D eigenvalue weighted by molar-refractivity contribution is -0.138. The average Bonchev–Trinajstić information content (AvgIpc) is 2.52. The van der Waals surface area contributed by atoms with Crippen molar-refractivity contribution >= 4 is 38.3 Å². The van der Waals surface area contributed by atoms with Gasteiger partial charge in [0.05, 0.1) is 0 Å². The summed E-state index contributed by atoms with van der Waals surface area (Å²) in [7, 11) is 0. The summed E-state index contributed by atoms with van der Waals surface area (Å²) in [6.07, 6.45) is 0.339. The minimum absolute atomic E-state index is 0.339. The summed E-state index contributed by atoms with van der Waals surface area (Å²) in [5, 5.41) is 16.2. The van der Waals surface area contributed by atoms with Gasteiger partial charge in [-0.1, -0.05) is 54.6 Å². The molecular weight excluding hydrogens is 274 g/mol. The van der Waals surface area contributed by atoms with Gasteiger partial charge < -0.3 is 10.8 Å². The number of rotatable bonds is 3. The van der Waals surface area contributed by atoms with Gasteiger partial charge in [-0.05, 0) is 44.3 Å². The quantitative estimate of drug-likeness (QED) is 0.567. The first-order valence-electron chi connectivity index (χ1n) is 7.28. The average molecular weight is 289 g/mol. The zero-order valence-electron chi connectivity index (χ0n) is 11.9. The molecule has 3 N–H and O–H groups in total. The number of hydrogen-bond donors (Lipinski definition) is 2. The number of carboxylic acids is 1. The van der Waals surface area contributed by atoms with Gasteiger partial charge >= 0.3 is 5.97 Å². The zero-order valence-corrected chi connectivity index (χ0v) is 11.9. The second kappa shape index (κ2) is 4.68. The molecule has 0 spiro atoms. The summed E-state index contributed by atoms with van der Waals surface area (Å²) >= 11 is 0. The molecule has 0 amide bonds. The maximum Gasteiger partial charge on any atom is 0.320 e. The Hall–Kier alpha value is -2.65. The normalized spacial score (nSPS) is 13.1. The highest BCUT2D eigenvalue weighted by atomic mass is 16.4. The molecule has 0 aliphatic heterocycles. The second-order valence-electron chi connectivity index (χ2n) is 5.78. The predicted molar refractivity (Wildman–Crippen MR) is 89.5 cm³/mol. The van der Waals surface area contributed by atoms with Crippen LogP contribution in [0.4, 0.5) is 0 Å². The van der Waals surface area contributed by atoms with E-state index in [0.29, 0.717) is 6.42 Å². The van der Waals surface area contributed by atoms with E-state index < -0.39 is 12.0 Å². The molecule has 0 saturated heterocycles. The Labute approximate surface area is 127 Å². The molecule has 0 heterocycles. The molecule has 4 aromatic carbocycles.